The quantitative estimate of drug-likeness (QED) is 0.203. The third-order valence-corrected chi connectivity index (χ3v) is 8.80. The van der Waals surface area contributed by atoms with Crippen LogP contribution in [0.15, 0.2) is 65.6 Å². The van der Waals surface area contributed by atoms with E-state index in [1.165, 1.54) is 0 Å². The molecule has 0 unspecified atom stereocenters. The lowest BCUT2D eigenvalue weighted by molar-refractivity contribution is 0.109. The number of nitrogens with zero attached hydrogens (tertiary/aromatic N) is 4. The summed E-state index contributed by atoms with van der Waals surface area (Å²) in [6.45, 7) is 2.62. The van der Waals surface area contributed by atoms with Crippen LogP contribution in [-0.2, 0) is 24.9 Å². The summed E-state index contributed by atoms with van der Waals surface area (Å²) in [6, 6.07) is 17.3. The minimum absolute atomic E-state index is 0.133. The predicted octanol–water partition coefficient (Wildman–Crippen LogP) is 5.73. The normalized spacial score (nSPS) is 14.9. The first-order valence-corrected chi connectivity index (χ1v) is 15.3. The van der Waals surface area contributed by atoms with Gasteiger partial charge in [-0.05, 0) is 32.0 Å². The molecule has 0 spiro atoms. The number of benzene rings is 2. The van der Waals surface area contributed by atoms with Crippen LogP contribution in [-0.4, -0.2) is 52.6 Å². The van der Waals surface area contributed by atoms with Crippen molar-refractivity contribution in [3.05, 3.63) is 92.6 Å². The fourth-order valence-electron chi connectivity index (χ4n) is 5.65. The average Bonchev–Trinajstić information content (AvgIpc) is 3.71. The van der Waals surface area contributed by atoms with E-state index in [9.17, 15) is 4.79 Å². The van der Waals surface area contributed by atoms with Gasteiger partial charge in [0.1, 0.15) is 11.3 Å². The molecule has 2 aromatic carbocycles. The van der Waals surface area contributed by atoms with Crippen molar-refractivity contribution in [1.82, 2.24) is 29.8 Å². The first-order valence-electron chi connectivity index (χ1n) is 14.6. The Kier molecular flexibility index (Phi) is 9.02. The van der Waals surface area contributed by atoms with Crippen molar-refractivity contribution in [2.45, 2.75) is 32.0 Å². The zero-order chi connectivity index (χ0) is 30.8. The van der Waals surface area contributed by atoms with Crippen LogP contribution in [0.1, 0.15) is 24.2 Å². The van der Waals surface area contributed by atoms with Crippen LogP contribution in [0.2, 0.25) is 10.0 Å². The maximum Gasteiger partial charge on any atom is 0.277 e. The van der Waals surface area contributed by atoms with Crippen LogP contribution in [0.25, 0.3) is 39.0 Å². The van der Waals surface area contributed by atoms with Gasteiger partial charge in [0.05, 0.1) is 35.5 Å². The number of nitrogens with one attached hydrogen (secondary N) is 2. The zero-order valence-electron chi connectivity index (χ0n) is 24.9. The number of hydrogen-bond donors (Lipinski definition) is 2. The lowest BCUT2D eigenvalue weighted by Crippen LogP contribution is -2.31. The van der Waals surface area contributed by atoms with E-state index in [0.29, 0.717) is 46.0 Å². The third kappa shape index (κ3) is 5.86. The van der Waals surface area contributed by atoms with Crippen LogP contribution < -0.4 is 20.9 Å². The van der Waals surface area contributed by atoms with Crippen LogP contribution >= 0.6 is 23.2 Å². The Bertz CT molecular complexity index is 1880. The molecule has 1 saturated heterocycles. The van der Waals surface area contributed by atoms with Gasteiger partial charge in [-0.1, -0.05) is 65.7 Å². The van der Waals surface area contributed by atoms with Crippen molar-refractivity contribution in [2.24, 2.45) is 7.05 Å². The summed E-state index contributed by atoms with van der Waals surface area (Å²) in [7, 11) is 5.23. The summed E-state index contributed by atoms with van der Waals surface area (Å²) in [6.07, 6.45) is 4.18. The Morgan fingerprint density at radius 3 is 2.45 bits per heavy atom. The molecule has 0 radical (unpaired) electrons. The van der Waals surface area contributed by atoms with Gasteiger partial charge in [0.25, 0.3) is 5.56 Å². The van der Waals surface area contributed by atoms with E-state index >= 15 is 0 Å². The van der Waals surface area contributed by atoms with Crippen molar-refractivity contribution in [1.29, 1.82) is 0 Å². The molecule has 1 fully saturated rings. The number of methoxy groups -OCH3 is 1. The second kappa shape index (κ2) is 13.1. The molecule has 44 heavy (non-hydrogen) atoms. The van der Waals surface area contributed by atoms with E-state index in [0.717, 1.165) is 59.4 Å². The highest BCUT2D eigenvalue weighted by molar-refractivity contribution is 6.39. The molecule has 5 aromatic rings. The molecule has 9 nitrogen and oxygen atoms in total. The predicted molar refractivity (Wildman–Crippen MR) is 175 cm³/mol. The molecule has 11 heteroatoms. The van der Waals surface area contributed by atoms with Gasteiger partial charge in [-0.3, -0.25) is 9.36 Å². The number of hydrogen-bond acceptors (Lipinski definition) is 7. The van der Waals surface area contributed by atoms with Crippen LogP contribution in [0.5, 0.6) is 5.88 Å². The highest BCUT2D eigenvalue weighted by atomic mass is 35.5. The molecule has 0 aliphatic carbocycles. The largest absolute Gasteiger partial charge is 0.481 e. The molecular weight excluding hydrogens is 599 g/mol. The molecule has 3 aromatic heterocycles. The van der Waals surface area contributed by atoms with Gasteiger partial charge in [-0.15, -0.1) is 0 Å². The van der Waals surface area contributed by atoms with Crippen LogP contribution in [0.3, 0.4) is 0 Å². The van der Waals surface area contributed by atoms with E-state index in [-0.39, 0.29) is 11.7 Å². The van der Waals surface area contributed by atoms with Gasteiger partial charge in [-0.25, -0.2) is 9.50 Å². The van der Waals surface area contributed by atoms with Crippen LogP contribution in [0, 0.1) is 0 Å². The molecule has 2 N–H and O–H groups in total. The molecule has 4 heterocycles. The number of ether oxygens (including phenoxy) is 2. The monoisotopic (exact) mass is 632 g/mol. The Hall–Kier alpha value is -3.73. The highest BCUT2D eigenvalue weighted by Gasteiger charge is 2.19. The van der Waals surface area contributed by atoms with Gasteiger partial charge >= 0.3 is 0 Å². The first-order chi connectivity index (χ1) is 21.4. The van der Waals surface area contributed by atoms with Crippen molar-refractivity contribution >= 4 is 28.7 Å². The minimum Gasteiger partial charge on any atom is -0.481 e. The summed E-state index contributed by atoms with van der Waals surface area (Å²) in [5, 5.41) is 12.3. The number of rotatable bonds is 10. The number of fused-ring (bicyclic) bond motifs is 1. The number of pyridine rings is 1. The van der Waals surface area contributed by atoms with Gasteiger partial charge in [0, 0.05) is 66.3 Å². The van der Waals surface area contributed by atoms with Crippen molar-refractivity contribution < 1.29 is 9.47 Å². The van der Waals surface area contributed by atoms with E-state index in [4.69, 9.17) is 42.8 Å². The van der Waals surface area contributed by atoms with Gasteiger partial charge in [-0.2, -0.15) is 5.10 Å². The molecule has 0 bridgehead atoms. The lowest BCUT2D eigenvalue weighted by atomic mass is 9.97. The highest BCUT2D eigenvalue weighted by Crippen LogP contribution is 2.42. The molecule has 1 atom stereocenters. The summed E-state index contributed by atoms with van der Waals surface area (Å²) in [5.41, 5.74) is 5.84. The number of halogens is 2. The Morgan fingerprint density at radius 2 is 1.75 bits per heavy atom. The smallest absolute Gasteiger partial charge is 0.277 e. The maximum atomic E-state index is 13.3. The molecular formula is C33H34Cl2N6O3. The average molecular weight is 634 g/mol. The molecule has 0 saturated carbocycles. The Labute approximate surface area is 265 Å². The van der Waals surface area contributed by atoms with Crippen molar-refractivity contribution in [2.75, 3.05) is 27.3 Å². The summed E-state index contributed by atoms with van der Waals surface area (Å²) in [4.78, 5) is 18.0. The zero-order valence-corrected chi connectivity index (χ0v) is 26.4. The maximum absolute atomic E-state index is 13.3. The topological polar surface area (TPSA) is 94.7 Å². The van der Waals surface area contributed by atoms with Crippen LogP contribution in [0.4, 0.5) is 0 Å². The molecule has 228 valence electrons. The third-order valence-electron chi connectivity index (χ3n) is 7.99. The summed E-state index contributed by atoms with van der Waals surface area (Å²) in [5.74, 6) is 1.18. The molecule has 0 amide bonds. The molecule has 6 rings (SSSR count). The van der Waals surface area contributed by atoms with E-state index in [1.54, 1.807) is 23.2 Å². The van der Waals surface area contributed by atoms with Gasteiger partial charge in [0.15, 0.2) is 0 Å². The first kappa shape index (κ1) is 30.3. The summed E-state index contributed by atoms with van der Waals surface area (Å²) >= 11 is 14.1. The van der Waals surface area contributed by atoms with E-state index < -0.39 is 0 Å². The van der Waals surface area contributed by atoms with Gasteiger partial charge in [0.2, 0.25) is 5.88 Å². The summed E-state index contributed by atoms with van der Waals surface area (Å²) < 4.78 is 14.4. The standard InChI is InChI=1S/C33H34Cl2N6O3/c1-36-16-20-12-13-27(38-32(20)43-3)26-11-5-10-25(31(26)35)24-9-4-8-23(30(24)34)21-15-28-33(42)40(2)29(39-41(28)19-21)18-37-17-22-7-6-14-44-22/h4-5,8-13,15,19,22,36-37H,6-7,14,16-18H2,1-3H3/t22-/m0/s1. The lowest BCUT2D eigenvalue weighted by Gasteiger charge is -2.14. The fraction of sp³-hybridized carbons (Fsp3) is 0.303. The second-order valence-electron chi connectivity index (χ2n) is 10.8. The second-order valence-corrected chi connectivity index (χ2v) is 11.6. The minimum atomic E-state index is -0.133. The van der Waals surface area contributed by atoms with Gasteiger partial charge < -0.3 is 20.1 Å². The van der Waals surface area contributed by atoms with E-state index in [2.05, 4.69) is 10.6 Å². The number of aromatic nitrogens is 4. The SMILES string of the molecule is CNCc1ccc(-c2cccc(-c3cccc(-c4cc5c(=O)n(C)c(CNC[C@@H]6CCCO6)nn5c4)c3Cl)c2Cl)nc1OC. The Balaban J connectivity index is 1.33. The molecule has 1 aliphatic heterocycles. The Morgan fingerprint density at radius 1 is 1.02 bits per heavy atom. The fourth-order valence-corrected chi connectivity index (χ4v) is 6.31. The van der Waals surface area contributed by atoms with Crippen molar-refractivity contribution in [3.63, 3.8) is 0 Å². The van der Waals surface area contributed by atoms with Crippen molar-refractivity contribution in [3.8, 4) is 39.4 Å². The molecule has 1 aliphatic rings. The van der Waals surface area contributed by atoms with E-state index in [1.807, 2.05) is 67.8 Å².